The van der Waals surface area contributed by atoms with Crippen molar-refractivity contribution < 1.29 is 31.9 Å². The summed E-state index contributed by atoms with van der Waals surface area (Å²) in [5.41, 5.74) is -0.371. The highest BCUT2D eigenvalue weighted by atomic mass is 32.2. The third-order valence-electron chi connectivity index (χ3n) is 6.95. The lowest BCUT2D eigenvalue weighted by atomic mass is 9.84. The van der Waals surface area contributed by atoms with E-state index < -0.39 is 63.8 Å². The van der Waals surface area contributed by atoms with Crippen LogP contribution in [-0.2, 0) is 27.1 Å². The number of rotatable bonds is 5. The Balaban J connectivity index is 1.39. The van der Waals surface area contributed by atoms with Gasteiger partial charge in [-0.25, -0.2) is 9.29 Å². The molecule has 0 bridgehead atoms. The van der Waals surface area contributed by atoms with Crippen LogP contribution in [0.4, 0.5) is 28.9 Å². The molecule has 1 saturated heterocycles. The zero-order chi connectivity index (χ0) is 29.8. The van der Waals surface area contributed by atoms with Gasteiger partial charge in [-0.3, -0.25) is 28.7 Å². The predicted octanol–water partition coefficient (Wildman–Crippen LogP) is 4.90. The molecule has 1 fully saturated rings. The van der Waals surface area contributed by atoms with Gasteiger partial charge in [-0.2, -0.15) is 13.2 Å². The number of amides is 3. The largest absolute Gasteiger partial charge is 0.416 e. The van der Waals surface area contributed by atoms with E-state index in [0.29, 0.717) is 21.2 Å². The Morgan fingerprint density at radius 2 is 1.76 bits per heavy atom. The number of nitrogens with zero attached hydrogens (tertiary/aromatic N) is 3. The molecule has 3 atom stereocenters. The van der Waals surface area contributed by atoms with Crippen LogP contribution in [0, 0.1) is 11.7 Å². The number of imide groups is 1. The Bertz CT molecular complexity index is 1770. The number of aromatic nitrogens is 2. The van der Waals surface area contributed by atoms with Gasteiger partial charge >= 0.3 is 11.0 Å². The standard InChI is InChI=1S/C28H18F4N4O4S2/c29-16-6-8-17(9-7-16)34-19(37)13-35-26-23(42-27(35)40)20(14-3-2-10-33-12-14)21-22(41-26)25(39)36(24(21)38)18-5-1-4-15(11-18)28(30,31)32/h1-12,20-22H,13H2,(H,34,37)/t20-,21?,22?/m1/s1. The molecule has 14 heteroatoms. The molecule has 2 aliphatic rings. The van der Waals surface area contributed by atoms with E-state index in [-0.39, 0.29) is 5.69 Å². The van der Waals surface area contributed by atoms with Crippen LogP contribution in [0.5, 0.6) is 0 Å². The van der Waals surface area contributed by atoms with E-state index in [1.807, 2.05) is 0 Å². The van der Waals surface area contributed by atoms with Crippen molar-refractivity contribution in [2.45, 2.75) is 28.9 Å². The zero-order valence-electron chi connectivity index (χ0n) is 21.2. The fourth-order valence-electron chi connectivity index (χ4n) is 5.13. The molecule has 2 aromatic carbocycles. The Morgan fingerprint density at radius 1 is 1.00 bits per heavy atom. The normalized spacial score (nSPS) is 19.9. The van der Waals surface area contributed by atoms with Crippen LogP contribution in [0.3, 0.4) is 0 Å². The predicted molar refractivity (Wildman–Crippen MR) is 147 cm³/mol. The lowest BCUT2D eigenvalue weighted by Crippen LogP contribution is -2.33. The maximum absolute atomic E-state index is 13.8. The summed E-state index contributed by atoms with van der Waals surface area (Å²) in [6, 6.07) is 12.4. The van der Waals surface area contributed by atoms with Crippen LogP contribution >= 0.6 is 23.1 Å². The summed E-state index contributed by atoms with van der Waals surface area (Å²) in [7, 11) is 0. The SMILES string of the molecule is O=C(Cn1c2c(sc1=O)[C@H](c1cccnc1)C1C(=O)N(c3cccc(C(F)(F)F)c3)C(=O)C1S2)Nc1ccc(F)cc1. The number of thioether (sulfide) groups is 1. The van der Waals surface area contributed by atoms with Crippen LogP contribution in [0.1, 0.15) is 21.9 Å². The zero-order valence-corrected chi connectivity index (χ0v) is 22.8. The molecule has 3 amide bonds. The number of hydrogen-bond acceptors (Lipinski definition) is 7. The van der Waals surface area contributed by atoms with Gasteiger partial charge in [-0.15, -0.1) is 0 Å². The van der Waals surface area contributed by atoms with Gasteiger partial charge in [0.15, 0.2) is 0 Å². The highest BCUT2D eigenvalue weighted by Crippen LogP contribution is 2.54. The third-order valence-corrected chi connectivity index (χ3v) is 9.56. The molecule has 2 aromatic heterocycles. The van der Waals surface area contributed by atoms with Gasteiger partial charge in [0.1, 0.15) is 17.6 Å². The minimum absolute atomic E-state index is 0.209. The van der Waals surface area contributed by atoms with Crippen molar-refractivity contribution in [3.8, 4) is 0 Å². The molecule has 0 aliphatic carbocycles. The molecule has 42 heavy (non-hydrogen) atoms. The first-order valence-electron chi connectivity index (χ1n) is 12.4. The molecule has 0 spiro atoms. The molecule has 4 aromatic rings. The van der Waals surface area contributed by atoms with Gasteiger partial charge in [-0.1, -0.05) is 35.2 Å². The Morgan fingerprint density at radius 3 is 2.45 bits per heavy atom. The quantitative estimate of drug-likeness (QED) is 0.254. The third kappa shape index (κ3) is 4.90. The van der Waals surface area contributed by atoms with Gasteiger partial charge in [0.25, 0.3) is 0 Å². The number of carbonyl (C=O) groups excluding carboxylic acids is 3. The molecule has 214 valence electrons. The maximum Gasteiger partial charge on any atom is 0.416 e. The summed E-state index contributed by atoms with van der Waals surface area (Å²) >= 11 is 1.76. The summed E-state index contributed by atoms with van der Waals surface area (Å²) < 4.78 is 54.7. The number of fused-ring (bicyclic) bond motifs is 2. The second-order valence-electron chi connectivity index (χ2n) is 9.57. The lowest BCUT2D eigenvalue weighted by Gasteiger charge is -2.30. The van der Waals surface area contributed by atoms with Crippen LogP contribution in [0.25, 0.3) is 0 Å². The van der Waals surface area contributed by atoms with E-state index in [1.165, 1.54) is 47.3 Å². The highest BCUT2D eigenvalue weighted by Gasteiger charge is 2.57. The summed E-state index contributed by atoms with van der Waals surface area (Å²) in [5, 5.41) is 1.82. The first-order valence-corrected chi connectivity index (χ1v) is 14.1. The molecular weight excluding hydrogens is 596 g/mol. The maximum atomic E-state index is 13.8. The number of halogens is 4. The van der Waals surface area contributed by atoms with Crippen molar-refractivity contribution in [3.05, 3.63) is 105 Å². The van der Waals surface area contributed by atoms with Crippen LogP contribution in [-0.4, -0.2) is 32.5 Å². The number of nitrogens with one attached hydrogen (secondary N) is 1. The van der Waals surface area contributed by atoms with Gasteiger partial charge in [0.05, 0.1) is 22.2 Å². The van der Waals surface area contributed by atoms with Gasteiger partial charge in [0.2, 0.25) is 17.7 Å². The molecule has 6 rings (SSSR count). The molecule has 0 radical (unpaired) electrons. The minimum atomic E-state index is -4.68. The summed E-state index contributed by atoms with van der Waals surface area (Å²) in [6.45, 7) is -0.425. The smallest absolute Gasteiger partial charge is 0.325 e. The lowest BCUT2D eigenvalue weighted by molar-refractivity contribution is -0.137. The van der Waals surface area contributed by atoms with E-state index in [0.717, 1.165) is 46.2 Å². The highest BCUT2D eigenvalue weighted by molar-refractivity contribution is 8.00. The minimum Gasteiger partial charge on any atom is -0.325 e. The summed E-state index contributed by atoms with van der Waals surface area (Å²) in [5.74, 6) is -4.34. The first-order chi connectivity index (χ1) is 20.0. The average Bonchev–Trinajstić information content (AvgIpc) is 3.40. The van der Waals surface area contributed by atoms with Crippen molar-refractivity contribution in [1.82, 2.24) is 9.55 Å². The fourth-order valence-corrected chi connectivity index (χ4v) is 7.90. The monoisotopic (exact) mass is 614 g/mol. The van der Waals surface area contributed by atoms with E-state index in [1.54, 1.807) is 12.1 Å². The average molecular weight is 615 g/mol. The van der Waals surface area contributed by atoms with Crippen molar-refractivity contribution >= 4 is 52.2 Å². The second kappa shape index (κ2) is 10.5. The van der Waals surface area contributed by atoms with E-state index in [9.17, 15) is 36.7 Å². The Hall–Kier alpha value is -4.30. The van der Waals surface area contributed by atoms with Gasteiger partial charge < -0.3 is 5.32 Å². The first kappa shape index (κ1) is 27.8. The van der Waals surface area contributed by atoms with E-state index in [4.69, 9.17) is 0 Å². The molecule has 0 saturated carbocycles. The second-order valence-corrected chi connectivity index (χ2v) is 11.7. The van der Waals surface area contributed by atoms with Gasteiger partial charge in [0, 0.05) is 28.9 Å². The molecular formula is C28H18F4N4O4S2. The molecule has 4 heterocycles. The number of anilines is 2. The number of thiazole rings is 1. The van der Waals surface area contributed by atoms with Crippen molar-refractivity contribution in [2.75, 3.05) is 10.2 Å². The Labute approximate surface area is 243 Å². The van der Waals surface area contributed by atoms with Crippen molar-refractivity contribution in [3.63, 3.8) is 0 Å². The van der Waals surface area contributed by atoms with Gasteiger partial charge in [-0.05, 0) is 54.1 Å². The van der Waals surface area contributed by atoms with E-state index in [2.05, 4.69) is 10.3 Å². The summed E-state index contributed by atoms with van der Waals surface area (Å²) in [6.07, 6.45) is -1.66. The fraction of sp³-hybridized carbons (Fsp3) is 0.179. The topological polar surface area (TPSA) is 101 Å². The van der Waals surface area contributed by atoms with Crippen LogP contribution in [0.2, 0.25) is 0 Å². The van der Waals surface area contributed by atoms with Crippen molar-refractivity contribution in [1.29, 1.82) is 0 Å². The molecule has 2 aliphatic heterocycles. The number of benzene rings is 2. The molecule has 1 N–H and O–H groups in total. The van der Waals surface area contributed by atoms with E-state index >= 15 is 0 Å². The number of hydrogen-bond donors (Lipinski definition) is 1. The number of carbonyl (C=O) groups is 3. The molecule has 2 unspecified atom stereocenters. The Kier molecular flexibility index (Phi) is 6.97. The van der Waals surface area contributed by atoms with Crippen LogP contribution in [0.15, 0.2) is 82.9 Å². The van der Waals surface area contributed by atoms with Crippen LogP contribution < -0.4 is 15.1 Å². The molecule has 8 nitrogen and oxygen atoms in total. The summed E-state index contributed by atoms with van der Waals surface area (Å²) in [4.78, 5) is 58.4. The number of alkyl halides is 3. The van der Waals surface area contributed by atoms with Crippen molar-refractivity contribution in [2.24, 2.45) is 5.92 Å². The number of pyridine rings is 1.